The molecule has 0 heterocycles. The first kappa shape index (κ1) is 15.2. The van der Waals surface area contributed by atoms with Gasteiger partial charge in [-0.25, -0.2) is 0 Å². The zero-order valence-electron chi connectivity index (χ0n) is 11.2. The highest BCUT2D eigenvalue weighted by Crippen LogP contribution is 2.17. The summed E-state index contributed by atoms with van der Waals surface area (Å²) in [4.78, 5) is 10.7. The molecular formula is C14H26O2. The van der Waals surface area contributed by atoms with E-state index in [1.165, 1.54) is 6.42 Å². The van der Waals surface area contributed by atoms with Crippen LogP contribution >= 0.6 is 0 Å². The lowest BCUT2D eigenvalue weighted by atomic mass is 9.93. The molecule has 0 saturated carbocycles. The number of hydrogen-bond donors (Lipinski definition) is 1. The van der Waals surface area contributed by atoms with Gasteiger partial charge in [0.25, 0.3) is 0 Å². The lowest BCUT2D eigenvalue weighted by Gasteiger charge is -2.12. The van der Waals surface area contributed by atoms with Gasteiger partial charge in [-0.15, -0.1) is 0 Å². The summed E-state index contributed by atoms with van der Waals surface area (Å²) < 4.78 is 0. The van der Waals surface area contributed by atoms with E-state index >= 15 is 0 Å². The zero-order chi connectivity index (χ0) is 12.7. The number of hydrogen-bond acceptors (Lipinski definition) is 1. The van der Waals surface area contributed by atoms with Gasteiger partial charge in [0, 0.05) is 0 Å². The highest BCUT2D eigenvalue weighted by molar-refractivity contribution is 5.69. The van der Waals surface area contributed by atoms with Crippen molar-refractivity contribution < 1.29 is 9.90 Å². The predicted octanol–water partition coefficient (Wildman–Crippen LogP) is 3.97. The number of carboxylic acids is 1. The summed E-state index contributed by atoms with van der Waals surface area (Å²) in [6, 6.07) is 0. The van der Waals surface area contributed by atoms with E-state index in [1.807, 2.05) is 0 Å². The van der Waals surface area contributed by atoms with E-state index in [0.29, 0.717) is 17.8 Å². The molecule has 2 nitrogen and oxygen atoms in total. The Kier molecular flexibility index (Phi) is 7.11. The molecule has 2 unspecified atom stereocenters. The van der Waals surface area contributed by atoms with Crippen molar-refractivity contribution in [3.05, 3.63) is 12.2 Å². The van der Waals surface area contributed by atoms with Gasteiger partial charge in [0.05, 0.1) is 5.92 Å². The van der Waals surface area contributed by atoms with Crippen LogP contribution in [0.1, 0.15) is 47.5 Å². The molecule has 0 aliphatic carbocycles. The van der Waals surface area contributed by atoms with Crippen molar-refractivity contribution in [1.29, 1.82) is 0 Å². The Morgan fingerprint density at radius 1 is 1.00 bits per heavy atom. The van der Waals surface area contributed by atoms with Gasteiger partial charge in [-0.1, -0.05) is 46.8 Å². The molecule has 0 aliphatic rings. The second kappa shape index (κ2) is 7.48. The first-order valence-corrected chi connectivity index (χ1v) is 6.24. The largest absolute Gasteiger partial charge is 0.481 e. The lowest BCUT2D eigenvalue weighted by Crippen LogP contribution is -2.12. The standard InChI is InChI=1S/C14H26O2/c1-10(2)8-11(3)6-7-12(4)9-13(5)14(15)16/h6-7,10-13H,8-9H2,1-5H3,(H,15,16)/b7-6-/t11?,12-,13?/m0/s1. The fraction of sp³-hybridized carbons (Fsp3) is 0.786. The molecule has 0 spiro atoms. The molecule has 2 heteroatoms. The van der Waals surface area contributed by atoms with Gasteiger partial charge < -0.3 is 5.11 Å². The number of carbonyl (C=O) groups is 1. The van der Waals surface area contributed by atoms with Crippen molar-refractivity contribution in [3.63, 3.8) is 0 Å². The summed E-state index contributed by atoms with van der Waals surface area (Å²) in [5.41, 5.74) is 0. The van der Waals surface area contributed by atoms with Crippen molar-refractivity contribution in [3.8, 4) is 0 Å². The van der Waals surface area contributed by atoms with Crippen molar-refractivity contribution in [2.75, 3.05) is 0 Å². The Morgan fingerprint density at radius 3 is 1.81 bits per heavy atom. The number of aliphatic carboxylic acids is 1. The monoisotopic (exact) mass is 226 g/mol. The average molecular weight is 226 g/mol. The summed E-state index contributed by atoms with van der Waals surface area (Å²) in [6.45, 7) is 10.5. The van der Waals surface area contributed by atoms with Gasteiger partial charge in [0.2, 0.25) is 0 Å². The van der Waals surface area contributed by atoms with Gasteiger partial charge in [-0.3, -0.25) is 4.79 Å². The fourth-order valence-corrected chi connectivity index (χ4v) is 1.94. The highest BCUT2D eigenvalue weighted by atomic mass is 16.4. The predicted molar refractivity (Wildman–Crippen MR) is 68.3 cm³/mol. The summed E-state index contributed by atoms with van der Waals surface area (Å²) in [6.07, 6.45) is 6.30. The zero-order valence-corrected chi connectivity index (χ0v) is 11.2. The number of rotatable bonds is 7. The smallest absolute Gasteiger partial charge is 0.306 e. The van der Waals surface area contributed by atoms with Crippen LogP contribution in [0.2, 0.25) is 0 Å². The fourth-order valence-electron chi connectivity index (χ4n) is 1.94. The van der Waals surface area contributed by atoms with E-state index in [4.69, 9.17) is 5.11 Å². The molecular weight excluding hydrogens is 200 g/mol. The van der Waals surface area contributed by atoms with E-state index < -0.39 is 5.97 Å². The third-order valence-corrected chi connectivity index (χ3v) is 2.76. The van der Waals surface area contributed by atoms with Crippen LogP contribution < -0.4 is 0 Å². The van der Waals surface area contributed by atoms with Crippen LogP contribution in [-0.4, -0.2) is 11.1 Å². The van der Waals surface area contributed by atoms with E-state index in [-0.39, 0.29) is 5.92 Å². The minimum atomic E-state index is -0.699. The van der Waals surface area contributed by atoms with Crippen LogP contribution in [0, 0.1) is 23.7 Å². The summed E-state index contributed by atoms with van der Waals surface area (Å²) >= 11 is 0. The Hall–Kier alpha value is -0.790. The molecule has 0 saturated heterocycles. The Balaban J connectivity index is 3.98. The highest BCUT2D eigenvalue weighted by Gasteiger charge is 2.13. The molecule has 0 aromatic heterocycles. The molecule has 94 valence electrons. The first-order chi connectivity index (χ1) is 7.32. The van der Waals surface area contributed by atoms with Crippen LogP contribution in [0.3, 0.4) is 0 Å². The lowest BCUT2D eigenvalue weighted by molar-refractivity contribution is -0.141. The molecule has 0 amide bonds. The van der Waals surface area contributed by atoms with Gasteiger partial charge in [0.1, 0.15) is 0 Å². The van der Waals surface area contributed by atoms with E-state index in [0.717, 1.165) is 6.42 Å². The molecule has 1 N–H and O–H groups in total. The molecule has 0 aromatic rings. The van der Waals surface area contributed by atoms with Crippen molar-refractivity contribution in [1.82, 2.24) is 0 Å². The van der Waals surface area contributed by atoms with Crippen LogP contribution in [0.15, 0.2) is 12.2 Å². The average Bonchev–Trinajstić information content (AvgIpc) is 2.13. The SMILES string of the molecule is CC(C)CC(C)/C=C\[C@H](C)CC(C)C(=O)O. The van der Waals surface area contributed by atoms with Crippen LogP contribution in [0.25, 0.3) is 0 Å². The maximum Gasteiger partial charge on any atom is 0.306 e. The number of allylic oxidation sites excluding steroid dienone is 2. The minimum Gasteiger partial charge on any atom is -0.481 e. The van der Waals surface area contributed by atoms with Crippen molar-refractivity contribution >= 4 is 5.97 Å². The van der Waals surface area contributed by atoms with Gasteiger partial charge in [-0.2, -0.15) is 0 Å². The normalized spacial score (nSPS) is 17.6. The molecule has 3 atom stereocenters. The third kappa shape index (κ3) is 7.49. The molecule has 0 fully saturated rings. The maximum absolute atomic E-state index is 10.7. The van der Waals surface area contributed by atoms with E-state index in [9.17, 15) is 4.79 Å². The molecule has 16 heavy (non-hydrogen) atoms. The topological polar surface area (TPSA) is 37.3 Å². The van der Waals surface area contributed by atoms with Crippen LogP contribution in [0.5, 0.6) is 0 Å². The van der Waals surface area contributed by atoms with Crippen molar-refractivity contribution in [2.24, 2.45) is 23.7 Å². The van der Waals surface area contributed by atoms with Gasteiger partial charge in [0.15, 0.2) is 0 Å². The quantitative estimate of drug-likeness (QED) is 0.667. The molecule has 0 rings (SSSR count). The second-order valence-corrected chi connectivity index (χ2v) is 5.44. The molecule has 0 aliphatic heterocycles. The van der Waals surface area contributed by atoms with E-state index in [1.54, 1.807) is 6.92 Å². The molecule has 0 bridgehead atoms. The Bertz CT molecular complexity index is 231. The maximum atomic E-state index is 10.7. The molecule has 0 radical (unpaired) electrons. The van der Waals surface area contributed by atoms with Crippen molar-refractivity contribution in [2.45, 2.75) is 47.5 Å². The molecule has 0 aromatic carbocycles. The van der Waals surface area contributed by atoms with Gasteiger partial charge in [-0.05, 0) is 30.6 Å². The van der Waals surface area contributed by atoms with E-state index in [2.05, 4.69) is 39.8 Å². The first-order valence-electron chi connectivity index (χ1n) is 6.24. The van der Waals surface area contributed by atoms with Gasteiger partial charge >= 0.3 is 5.97 Å². The summed E-state index contributed by atoms with van der Waals surface area (Å²) in [5, 5.41) is 8.80. The summed E-state index contributed by atoms with van der Waals surface area (Å²) in [7, 11) is 0. The number of carboxylic acid groups (broad SMARTS) is 1. The Labute approximate surface area is 99.7 Å². The Morgan fingerprint density at radius 2 is 1.44 bits per heavy atom. The second-order valence-electron chi connectivity index (χ2n) is 5.44. The minimum absolute atomic E-state index is 0.250. The van der Waals surface area contributed by atoms with Crippen LogP contribution in [0.4, 0.5) is 0 Å². The third-order valence-electron chi connectivity index (χ3n) is 2.76. The summed E-state index contributed by atoms with van der Waals surface area (Å²) in [5.74, 6) is 0.701. The van der Waals surface area contributed by atoms with Crippen LogP contribution in [-0.2, 0) is 4.79 Å².